The predicted octanol–water partition coefficient (Wildman–Crippen LogP) is 5.81. The molecule has 31 heavy (non-hydrogen) atoms. The first-order chi connectivity index (χ1) is 14.8. The maximum absolute atomic E-state index is 13.2. The molecule has 7 heteroatoms. The Morgan fingerprint density at radius 1 is 1.10 bits per heavy atom. The minimum atomic E-state index is -0.560. The van der Waals surface area contributed by atoms with E-state index in [9.17, 15) is 9.59 Å². The topological polar surface area (TPSA) is 49.4 Å². The van der Waals surface area contributed by atoms with Gasteiger partial charge in [0, 0.05) is 28.9 Å². The Kier molecular flexibility index (Phi) is 10.7. The van der Waals surface area contributed by atoms with Crippen molar-refractivity contribution < 1.29 is 9.59 Å². The third kappa shape index (κ3) is 8.40. The highest BCUT2D eigenvalue weighted by Gasteiger charge is 2.29. The van der Waals surface area contributed by atoms with E-state index in [0.29, 0.717) is 28.9 Å². The maximum Gasteiger partial charge on any atom is 0.242 e. The summed E-state index contributed by atoms with van der Waals surface area (Å²) in [5, 5.41) is 3.99. The molecule has 1 N–H and O–H groups in total. The van der Waals surface area contributed by atoms with Crippen LogP contribution >= 0.6 is 35.0 Å². The van der Waals surface area contributed by atoms with Crippen LogP contribution in [0.3, 0.4) is 0 Å². The van der Waals surface area contributed by atoms with Crippen LogP contribution in [0.5, 0.6) is 0 Å². The number of hydrogen-bond donors (Lipinski definition) is 1. The Hall–Kier alpha value is -1.69. The molecule has 0 aliphatic rings. The lowest BCUT2D eigenvalue weighted by atomic mass is 10.1. The zero-order valence-electron chi connectivity index (χ0n) is 18.2. The van der Waals surface area contributed by atoms with E-state index in [1.807, 2.05) is 51.1 Å². The van der Waals surface area contributed by atoms with Crippen molar-refractivity contribution in [1.82, 2.24) is 10.2 Å². The van der Waals surface area contributed by atoms with Gasteiger partial charge in [-0.1, -0.05) is 80.4 Å². The molecule has 0 fully saturated rings. The van der Waals surface area contributed by atoms with Gasteiger partial charge in [-0.05, 0) is 35.6 Å². The van der Waals surface area contributed by atoms with E-state index in [1.165, 1.54) is 0 Å². The van der Waals surface area contributed by atoms with E-state index in [-0.39, 0.29) is 24.1 Å². The van der Waals surface area contributed by atoms with Crippen LogP contribution in [0.4, 0.5) is 0 Å². The summed E-state index contributed by atoms with van der Waals surface area (Å²) in [4.78, 5) is 27.7. The Bertz CT molecular complexity index is 862. The minimum Gasteiger partial charge on any atom is -0.354 e. The Labute approximate surface area is 199 Å². The number of nitrogens with zero attached hydrogens (tertiary/aromatic N) is 1. The lowest BCUT2D eigenvalue weighted by Gasteiger charge is -2.31. The van der Waals surface area contributed by atoms with Crippen LogP contribution in [-0.4, -0.2) is 35.1 Å². The highest BCUT2D eigenvalue weighted by Crippen LogP contribution is 2.24. The zero-order chi connectivity index (χ0) is 22.8. The van der Waals surface area contributed by atoms with Gasteiger partial charge < -0.3 is 10.2 Å². The van der Waals surface area contributed by atoms with Crippen molar-refractivity contribution in [2.45, 2.75) is 45.5 Å². The molecule has 0 saturated heterocycles. The number of rotatable bonds is 11. The first-order valence-electron chi connectivity index (χ1n) is 10.4. The normalized spacial score (nSPS) is 11.9. The fourth-order valence-corrected chi connectivity index (χ4v) is 4.43. The summed E-state index contributed by atoms with van der Waals surface area (Å²) in [6.07, 6.45) is 0.518. The summed E-state index contributed by atoms with van der Waals surface area (Å²) in [6.45, 7) is 6.83. The molecule has 0 aliphatic heterocycles. The van der Waals surface area contributed by atoms with Crippen LogP contribution in [-0.2, 0) is 21.9 Å². The summed E-state index contributed by atoms with van der Waals surface area (Å²) >= 11 is 13.9. The van der Waals surface area contributed by atoms with E-state index < -0.39 is 6.04 Å². The summed E-state index contributed by atoms with van der Waals surface area (Å²) in [5.41, 5.74) is 1.93. The fraction of sp³-hybridized carbons (Fsp3) is 0.417. The Balaban J connectivity index is 2.16. The predicted molar refractivity (Wildman–Crippen MR) is 132 cm³/mol. The van der Waals surface area contributed by atoms with Crippen LogP contribution in [0.15, 0.2) is 48.5 Å². The summed E-state index contributed by atoms with van der Waals surface area (Å²) in [6, 6.07) is 14.7. The smallest absolute Gasteiger partial charge is 0.242 e. The lowest BCUT2D eigenvalue weighted by molar-refractivity contribution is -0.139. The molecule has 0 spiro atoms. The molecule has 4 nitrogen and oxygen atoms in total. The first kappa shape index (κ1) is 25.6. The molecule has 2 aromatic rings. The highest BCUT2D eigenvalue weighted by molar-refractivity contribution is 7.99. The van der Waals surface area contributed by atoms with E-state index in [1.54, 1.807) is 34.9 Å². The fourth-order valence-electron chi connectivity index (χ4n) is 3.09. The molecule has 0 bridgehead atoms. The van der Waals surface area contributed by atoms with Crippen molar-refractivity contribution in [2.24, 2.45) is 5.92 Å². The number of halogens is 2. The number of nitrogens with one attached hydrogen (secondary N) is 1. The van der Waals surface area contributed by atoms with Crippen molar-refractivity contribution in [3.63, 3.8) is 0 Å². The lowest BCUT2D eigenvalue weighted by Crippen LogP contribution is -2.50. The zero-order valence-corrected chi connectivity index (χ0v) is 20.6. The molecule has 2 rings (SSSR count). The Morgan fingerprint density at radius 2 is 1.81 bits per heavy atom. The number of thioether (sulfide) groups is 1. The van der Waals surface area contributed by atoms with Gasteiger partial charge in [0.1, 0.15) is 6.04 Å². The molecule has 0 radical (unpaired) electrons. The van der Waals surface area contributed by atoms with Gasteiger partial charge in [-0.3, -0.25) is 9.59 Å². The van der Waals surface area contributed by atoms with Gasteiger partial charge in [0.05, 0.1) is 5.75 Å². The van der Waals surface area contributed by atoms with Crippen LogP contribution in [0.2, 0.25) is 10.0 Å². The molecular formula is C24H30Cl2N2O2S. The van der Waals surface area contributed by atoms with Gasteiger partial charge in [-0.15, -0.1) is 11.8 Å². The average molecular weight is 481 g/mol. The molecule has 168 valence electrons. The third-order valence-corrected chi connectivity index (χ3v) is 6.34. The summed E-state index contributed by atoms with van der Waals surface area (Å²) in [5.74, 6) is 1.13. The van der Waals surface area contributed by atoms with Gasteiger partial charge in [-0.2, -0.15) is 0 Å². The van der Waals surface area contributed by atoms with Crippen LogP contribution in [0.1, 0.15) is 38.3 Å². The molecule has 0 saturated carbocycles. The molecule has 2 amide bonds. The van der Waals surface area contributed by atoms with Gasteiger partial charge in [0.2, 0.25) is 11.8 Å². The van der Waals surface area contributed by atoms with Crippen molar-refractivity contribution in [2.75, 3.05) is 12.3 Å². The molecule has 2 aromatic carbocycles. The third-order valence-electron chi connectivity index (χ3n) is 4.76. The first-order valence-corrected chi connectivity index (χ1v) is 12.4. The largest absolute Gasteiger partial charge is 0.354 e. The highest BCUT2D eigenvalue weighted by atomic mass is 35.5. The number of benzene rings is 2. The molecule has 1 unspecified atom stereocenters. The summed E-state index contributed by atoms with van der Waals surface area (Å²) in [7, 11) is 0. The van der Waals surface area contributed by atoms with E-state index in [0.717, 1.165) is 16.9 Å². The molecular weight excluding hydrogens is 451 g/mol. The molecule has 1 atom stereocenters. The van der Waals surface area contributed by atoms with Gasteiger partial charge in [-0.25, -0.2) is 0 Å². The second-order valence-corrected chi connectivity index (χ2v) is 9.63. The number of amides is 2. The molecule has 0 aliphatic carbocycles. The molecule has 0 heterocycles. The van der Waals surface area contributed by atoms with E-state index in [4.69, 9.17) is 23.2 Å². The minimum absolute atomic E-state index is 0.0847. The SMILES string of the molecule is CCC(C(=O)NCC(C)C)N(Cc1ccc(Cl)cc1Cl)C(=O)CSCc1ccccc1. The Morgan fingerprint density at radius 3 is 2.42 bits per heavy atom. The van der Waals surface area contributed by atoms with E-state index >= 15 is 0 Å². The quantitative estimate of drug-likeness (QED) is 0.441. The average Bonchev–Trinajstić information content (AvgIpc) is 2.74. The maximum atomic E-state index is 13.2. The van der Waals surface area contributed by atoms with Crippen LogP contribution < -0.4 is 5.32 Å². The van der Waals surface area contributed by atoms with Gasteiger partial charge >= 0.3 is 0 Å². The second-order valence-electron chi connectivity index (χ2n) is 7.80. The van der Waals surface area contributed by atoms with Gasteiger partial charge in [0.25, 0.3) is 0 Å². The van der Waals surface area contributed by atoms with Crippen molar-refractivity contribution in [1.29, 1.82) is 0 Å². The van der Waals surface area contributed by atoms with Crippen molar-refractivity contribution in [3.8, 4) is 0 Å². The van der Waals surface area contributed by atoms with Crippen molar-refractivity contribution in [3.05, 3.63) is 69.7 Å². The van der Waals surface area contributed by atoms with Crippen LogP contribution in [0, 0.1) is 5.92 Å². The van der Waals surface area contributed by atoms with Crippen molar-refractivity contribution >= 4 is 46.8 Å². The van der Waals surface area contributed by atoms with Crippen LogP contribution in [0.25, 0.3) is 0 Å². The monoisotopic (exact) mass is 480 g/mol. The number of carbonyl (C=O) groups excluding carboxylic acids is 2. The van der Waals surface area contributed by atoms with Gasteiger partial charge in [0.15, 0.2) is 0 Å². The second kappa shape index (κ2) is 13.0. The van der Waals surface area contributed by atoms with E-state index in [2.05, 4.69) is 5.32 Å². The number of hydrogen-bond acceptors (Lipinski definition) is 3. The summed E-state index contributed by atoms with van der Waals surface area (Å²) < 4.78 is 0. The standard InChI is InChI=1S/C24H30Cl2N2O2S/c1-4-22(24(30)27-13-17(2)3)28(14-19-10-11-20(25)12-21(19)26)23(29)16-31-15-18-8-6-5-7-9-18/h5-12,17,22H,4,13-16H2,1-3H3,(H,27,30). The number of carbonyl (C=O) groups is 2. The molecule has 0 aromatic heterocycles.